The molecule has 0 radical (unpaired) electrons. The number of hydrogen-bond donors (Lipinski definition) is 1. The van der Waals surface area contributed by atoms with Crippen molar-refractivity contribution in [1.29, 1.82) is 0 Å². The number of halogens is 1. The Labute approximate surface area is 175 Å². The predicted octanol–water partition coefficient (Wildman–Crippen LogP) is 2.62. The van der Waals surface area contributed by atoms with Crippen LogP contribution in [0.1, 0.15) is 12.5 Å². The number of carbonyl (C=O) groups is 1. The number of sulfonamides is 1. The van der Waals surface area contributed by atoms with Crippen molar-refractivity contribution in [3.63, 3.8) is 0 Å². The Hall–Kier alpha value is -2.45. The highest BCUT2D eigenvalue weighted by Gasteiger charge is 2.30. The van der Waals surface area contributed by atoms with Gasteiger partial charge in [-0.15, -0.1) is 0 Å². The van der Waals surface area contributed by atoms with E-state index in [1.165, 1.54) is 0 Å². The number of ether oxygens (including phenoxy) is 2. The summed E-state index contributed by atoms with van der Waals surface area (Å²) in [6, 6.07) is 11.2. The van der Waals surface area contributed by atoms with Crippen LogP contribution in [0.2, 0.25) is 5.02 Å². The third kappa shape index (κ3) is 5.33. The average molecular weight is 439 g/mol. The standard InChI is InChI=1S/C20H23ClN2O5S/c1-14(20(24)22-10-9-15-3-5-16(21)6-4-15)23(29(2,25)26)17-7-8-18-19(13-17)28-12-11-27-18/h3-8,13-14H,9-12H2,1-2H3,(H,22,24)/t14-/m0/s1. The van der Waals surface area contributed by atoms with E-state index in [-0.39, 0.29) is 5.91 Å². The number of carbonyl (C=O) groups excluding carboxylic acids is 1. The van der Waals surface area contributed by atoms with E-state index in [2.05, 4.69) is 5.32 Å². The number of rotatable bonds is 7. The summed E-state index contributed by atoms with van der Waals surface area (Å²) in [4.78, 5) is 12.6. The van der Waals surface area contributed by atoms with E-state index in [9.17, 15) is 13.2 Å². The van der Waals surface area contributed by atoms with Crippen LogP contribution in [0, 0.1) is 0 Å². The molecule has 0 aromatic heterocycles. The lowest BCUT2D eigenvalue weighted by atomic mass is 10.1. The molecule has 0 aliphatic carbocycles. The van der Waals surface area contributed by atoms with Crippen LogP contribution in [0.4, 0.5) is 5.69 Å². The van der Waals surface area contributed by atoms with Gasteiger partial charge in [-0.05, 0) is 43.2 Å². The summed E-state index contributed by atoms with van der Waals surface area (Å²) in [5.74, 6) is 0.616. The van der Waals surface area contributed by atoms with E-state index in [0.29, 0.717) is 48.4 Å². The molecule has 1 aliphatic heterocycles. The van der Waals surface area contributed by atoms with E-state index < -0.39 is 16.1 Å². The largest absolute Gasteiger partial charge is 0.486 e. The minimum atomic E-state index is -3.71. The number of benzene rings is 2. The van der Waals surface area contributed by atoms with Gasteiger partial charge in [-0.3, -0.25) is 9.10 Å². The molecule has 7 nitrogen and oxygen atoms in total. The van der Waals surface area contributed by atoms with Crippen LogP contribution < -0.4 is 19.1 Å². The van der Waals surface area contributed by atoms with Gasteiger partial charge in [-0.1, -0.05) is 23.7 Å². The summed E-state index contributed by atoms with van der Waals surface area (Å²) in [6.07, 6.45) is 1.68. The Morgan fingerprint density at radius 2 is 1.79 bits per heavy atom. The first kappa shape index (κ1) is 21.3. The SMILES string of the molecule is C[C@@H](C(=O)NCCc1ccc(Cl)cc1)N(c1ccc2c(c1)OCCO2)S(C)(=O)=O. The summed E-state index contributed by atoms with van der Waals surface area (Å²) in [6.45, 7) is 2.75. The third-order valence-corrected chi connectivity index (χ3v) is 5.99. The quantitative estimate of drug-likeness (QED) is 0.718. The van der Waals surface area contributed by atoms with Gasteiger partial charge in [0.2, 0.25) is 15.9 Å². The maximum atomic E-state index is 12.6. The second-order valence-corrected chi connectivity index (χ2v) is 9.03. The Morgan fingerprint density at radius 1 is 1.14 bits per heavy atom. The lowest BCUT2D eigenvalue weighted by Crippen LogP contribution is -2.48. The first-order chi connectivity index (χ1) is 13.8. The van der Waals surface area contributed by atoms with Gasteiger partial charge < -0.3 is 14.8 Å². The number of anilines is 1. The zero-order valence-electron chi connectivity index (χ0n) is 16.2. The monoisotopic (exact) mass is 438 g/mol. The van der Waals surface area contributed by atoms with Crippen LogP contribution in [0.15, 0.2) is 42.5 Å². The van der Waals surface area contributed by atoms with Gasteiger partial charge in [0, 0.05) is 17.6 Å². The Kier molecular flexibility index (Phi) is 6.54. The van der Waals surface area contributed by atoms with Crippen LogP contribution in [-0.2, 0) is 21.2 Å². The molecule has 0 unspecified atom stereocenters. The van der Waals surface area contributed by atoms with Crippen molar-refractivity contribution in [2.24, 2.45) is 0 Å². The average Bonchev–Trinajstić information content (AvgIpc) is 2.68. The van der Waals surface area contributed by atoms with Crippen LogP contribution in [0.3, 0.4) is 0 Å². The minimum absolute atomic E-state index is 0.345. The lowest BCUT2D eigenvalue weighted by molar-refractivity contribution is -0.121. The fourth-order valence-corrected chi connectivity index (χ4v) is 4.40. The van der Waals surface area contributed by atoms with E-state index in [0.717, 1.165) is 16.1 Å². The van der Waals surface area contributed by atoms with E-state index in [1.807, 2.05) is 12.1 Å². The summed E-state index contributed by atoms with van der Waals surface area (Å²) in [5, 5.41) is 3.44. The Balaban J connectivity index is 1.71. The van der Waals surface area contributed by atoms with E-state index in [1.54, 1.807) is 37.3 Å². The number of nitrogens with zero attached hydrogens (tertiary/aromatic N) is 1. The smallest absolute Gasteiger partial charge is 0.243 e. The molecular weight excluding hydrogens is 416 g/mol. The normalized spacial score (nSPS) is 14.2. The molecule has 1 atom stereocenters. The third-order valence-electron chi connectivity index (χ3n) is 4.49. The molecule has 2 aromatic carbocycles. The molecule has 0 spiro atoms. The topological polar surface area (TPSA) is 84.9 Å². The van der Waals surface area contributed by atoms with Gasteiger partial charge >= 0.3 is 0 Å². The van der Waals surface area contributed by atoms with Gasteiger partial charge in [-0.2, -0.15) is 0 Å². The van der Waals surface area contributed by atoms with Gasteiger partial charge in [0.1, 0.15) is 19.3 Å². The molecule has 0 saturated heterocycles. The van der Waals surface area contributed by atoms with Gasteiger partial charge in [-0.25, -0.2) is 8.42 Å². The zero-order chi connectivity index (χ0) is 21.0. The highest BCUT2D eigenvalue weighted by molar-refractivity contribution is 7.92. The van der Waals surface area contributed by atoms with Crippen molar-refractivity contribution in [3.05, 3.63) is 53.1 Å². The molecule has 0 saturated carbocycles. The Bertz CT molecular complexity index is 979. The highest BCUT2D eigenvalue weighted by Crippen LogP contribution is 2.35. The Morgan fingerprint density at radius 3 is 2.45 bits per heavy atom. The van der Waals surface area contributed by atoms with Gasteiger partial charge in [0.05, 0.1) is 11.9 Å². The molecule has 1 heterocycles. The predicted molar refractivity (Wildman–Crippen MR) is 112 cm³/mol. The van der Waals surface area contributed by atoms with Crippen molar-refractivity contribution in [1.82, 2.24) is 5.32 Å². The molecule has 1 N–H and O–H groups in total. The fourth-order valence-electron chi connectivity index (χ4n) is 3.11. The molecule has 9 heteroatoms. The van der Waals surface area contributed by atoms with Gasteiger partial charge in [0.15, 0.2) is 11.5 Å². The number of hydrogen-bond acceptors (Lipinski definition) is 5. The van der Waals surface area contributed by atoms with E-state index >= 15 is 0 Å². The van der Waals surface area contributed by atoms with Crippen LogP contribution in [0.25, 0.3) is 0 Å². The number of amides is 1. The molecule has 1 amide bonds. The van der Waals surface area contributed by atoms with Crippen molar-refractivity contribution in [3.8, 4) is 11.5 Å². The van der Waals surface area contributed by atoms with Crippen molar-refractivity contribution in [2.75, 3.05) is 30.3 Å². The maximum absolute atomic E-state index is 12.6. The molecule has 1 aliphatic rings. The summed E-state index contributed by atoms with van der Waals surface area (Å²) in [5.41, 5.74) is 1.37. The molecule has 156 valence electrons. The lowest BCUT2D eigenvalue weighted by Gasteiger charge is -2.29. The molecule has 0 fully saturated rings. The van der Waals surface area contributed by atoms with E-state index in [4.69, 9.17) is 21.1 Å². The maximum Gasteiger partial charge on any atom is 0.243 e. The summed E-state index contributed by atoms with van der Waals surface area (Å²) >= 11 is 5.87. The fraction of sp³-hybridized carbons (Fsp3) is 0.350. The molecule has 29 heavy (non-hydrogen) atoms. The van der Waals surface area contributed by atoms with Crippen molar-refractivity contribution in [2.45, 2.75) is 19.4 Å². The second-order valence-electron chi connectivity index (χ2n) is 6.73. The van der Waals surface area contributed by atoms with Crippen LogP contribution in [0.5, 0.6) is 11.5 Å². The molecule has 3 rings (SSSR count). The summed E-state index contributed by atoms with van der Waals surface area (Å²) < 4.78 is 37.0. The second kappa shape index (κ2) is 8.92. The first-order valence-corrected chi connectivity index (χ1v) is 11.4. The van der Waals surface area contributed by atoms with Crippen LogP contribution >= 0.6 is 11.6 Å². The summed E-state index contributed by atoms with van der Waals surface area (Å²) in [7, 11) is -3.71. The molecule has 2 aromatic rings. The van der Waals surface area contributed by atoms with Crippen molar-refractivity contribution >= 4 is 33.2 Å². The minimum Gasteiger partial charge on any atom is -0.486 e. The van der Waals surface area contributed by atoms with Crippen molar-refractivity contribution < 1.29 is 22.7 Å². The zero-order valence-corrected chi connectivity index (χ0v) is 17.8. The number of fused-ring (bicyclic) bond motifs is 1. The number of nitrogens with one attached hydrogen (secondary N) is 1. The molecule has 0 bridgehead atoms. The highest BCUT2D eigenvalue weighted by atomic mass is 35.5. The first-order valence-electron chi connectivity index (χ1n) is 9.17. The van der Waals surface area contributed by atoms with Crippen LogP contribution in [-0.4, -0.2) is 46.4 Å². The molecular formula is C20H23ClN2O5S. The van der Waals surface area contributed by atoms with Gasteiger partial charge in [0.25, 0.3) is 0 Å².